The molecule has 8 nitrogen and oxygen atoms in total. The summed E-state index contributed by atoms with van der Waals surface area (Å²) in [5, 5.41) is 11.6. The van der Waals surface area contributed by atoms with Crippen LogP contribution in [0.4, 0.5) is 15.8 Å². The number of hydrogen-bond acceptors (Lipinski definition) is 7. The van der Waals surface area contributed by atoms with Gasteiger partial charge in [0.2, 0.25) is 15.8 Å². The molecule has 2 aromatic heterocycles. The molecule has 0 aliphatic carbocycles. The summed E-state index contributed by atoms with van der Waals surface area (Å²) in [4.78, 5) is 20.6. The van der Waals surface area contributed by atoms with Crippen LogP contribution in [-0.2, 0) is 16.3 Å². The predicted octanol–water partition coefficient (Wildman–Crippen LogP) is 5.69. The fourth-order valence-corrected chi connectivity index (χ4v) is 6.38. The van der Waals surface area contributed by atoms with Crippen molar-refractivity contribution in [1.29, 1.82) is 0 Å². The Morgan fingerprint density at radius 3 is 2.62 bits per heavy atom. The number of sulfone groups is 1. The highest BCUT2D eigenvalue weighted by Gasteiger charge is 2.32. The molecule has 0 atom stereocenters. The smallest absolute Gasteiger partial charge is 0.271 e. The van der Waals surface area contributed by atoms with E-state index in [1.807, 2.05) is 36.1 Å². The van der Waals surface area contributed by atoms with Crippen LogP contribution in [-0.4, -0.2) is 36.6 Å². The fraction of sp³-hybridized carbons (Fsp3) is 0.267. The van der Waals surface area contributed by atoms with Gasteiger partial charge in [-0.2, -0.15) is 4.39 Å². The molecule has 1 aliphatic heterocycles. The first-order valence-corrected chi connectivity index (χ1v) is 14.7. The van der Waals surface area contributed by atoms with E-state index in [1.54, 1.807) is 25.1 Å². The number of halogens is 1. The van der Waals surface area contributed by atoms with Crippen LogP contribution < -0.4 is 15.2 Å². The molecule has 0 unspecified atom stereocenters. The average molecular weight is 564 g/mol. The molecular formula is C30H30FN3O5S. The van der Waals surface area contributed by atoms with Crippen molar-refractivity contribution in [3.63, 3.8) is 0 Å². The number of H-pyrrole nitrogens is 1. The molecule has 0 saturated carbocycles. The third kappa shape index (κ3) is 4.95. The van der Waals surface area contributed by atoms with E-state index in [9.17, 15) is 22.7 Å². The lowest BCUT2D eigenvalue weighted by molar-refractivity contribution is 0.322. The number of fused-ring (bicyclic) bond motifs is 1. The number of rotatable bonds is 7. The summed E-state index contributed by atoms with van der Waals surface area (Å²) in [5.41, 5.74) is 2.00. The van der Waals surface area contributed by atoms with Crippen LogP contribution in [0.1, 0.15) is 37.4 Å². The topological polar surface area (TPSA) is 113 Å². The number of anilines is 2. The van der Waals surface area contributed by atoms with Crippen molar-refractivity contribution >= 4 is 21.2 Å². The van der Waals surface area contributed by atoms with Gasteiger partial charge in [0.05, 0.1) is 17.2 Å². The van der Waals surface area contributed by atoms with E-state index in [4.69, 9.17) is 4.74 Å². The van der Waals surface area contributed by atoms with E-state index in [2.05, 4.69) is 9.97 Å². The highest BCUT2D eigenvalue weighted by atomic mass is 32.2. The maximum atomic E-state index is 14.0. The Hall–Kier alpha value is -4.18. The first-order valence-electron chi connectivity index (χ1n) is 13.2. The van der Waals surface area contributed by atoms with Crippen LogP contribution in [0.2, 0.25) is 0 Å². The fourth-order valence-electron chi connectivity index (χ4n) is 5.00. The molecule has 40 heavy (non-hydrogen) atoms. The van der Waals surface area contributed by atoms with Crippen molar-refractivity contribution in [2.45, 2.75) is 49.3 Å². The van der Waals surface area contributed by atoms with Gasteiger partial charge in [0.1, 0.15) is 11.4 Å². The summed E-state index contributed by atoms with van der Waals surface area (Å²) < 4.78 is 47.5. The van der Waals surface area contributed by atoms with Gasteiger partial charge < -0.3 is 19.7 Å². The van der Waals surface area contributed by atoms with Crippen LogP contribution in [0.5, 0.6) is 11.5 Å². The molecular weight excluding hydrogens is 533 g/mol. The molecule has 1 aliphatic rings. The van der Waals surface area contributed by atoms with Gasteiger partial charge in [0.15, 0.2) is 10.6 Å². The maximum absolute atomic E-state index is 14.0. The summed E-state index contributed by atoms with van der Waals surface area (Å²) in [6, 6.07) is 14.8. The largest absolute Gasteiger partial charge is 0.504 e. The highest BCUT2D eigenvalue weighted by Crippen LogP contribution is 2.44. The molecule has 0 spiro atoms. The number of aryl methyl sites for hydroxylation is 1. The third-order valence-corrected chi connectivity index (χ3v) is 8.88. The molecule has 4 aromatic rings. The quantitative estimate of drug-likeness (QED) is 0.278. The number of pyridine rings is 2. The van der Waals surface area contributed by atoms with Crippen LogP contribution >= 0.6 is 0 Å². The summed E-state index contributed by atoms with van der Waals surface area (Å²) in [6.07, 6.45) is 3.99. The molecule has 0 bridgehead atoms. The van der Waals surface area contributed by atoms with Crippen molar-refractivity contribution in [2.75, 3.05) is 18.1 Å². The third-order valence-electron chi connectivity index (χ3n) is 7.07. The molecule has 0 saturated heterocycles. The molecule has 0 fully saturated rings. The lowest BCUT2D eigenvalue weighted by Gasteiger charge is -2.27. The number of nitrogens with one attached hydrogen (secondary N) is 1. The molecule has 208 valence electrons. The minimum absolute atomic E-state index is 0.170. The Morgan fingerprint density at radius 2 is 1.88 bits per heavy atom. The van der Waals surface area contributed by atoms with Crippen LogP contribution in [0.25, 0.3) is 11.1 Å². The van der Waals surface area contributed by atoms with E-state index >= 15 is 0 Å². The van der Waals surface area contributed by atoms with E-state index in [0.717, 1.165) is 12.8 Å². The summed E-state index contributed by atoms with van der Waals surface area (Å²) in [5.74, 6) is -0.598. The van der Waals surface area contributed by atoms with E-state index < -0.39 is 32.0 Å². The standard InChI is InChI=1S/C30H30FN3O5S/c1-3-4-8-23-26(34-17-7-18-39-25-10-6-5-9-24(25)34)27(35)28(30(36)33-23)40(37,38)21-13-11-20(12-14-21)22-15-16-32-29(31)19(22)2/h5-6,9-16H,3-4,7-8,17-18H2,1-2H3,(H2,33,35,36). The number of unbranched alkanes of at least 4 members (excludes halogenated alkanes) is 1. The molecule has 0 amide bonds. The maximum Gasteiger partial charge on any atom is 0.271 e. The molecule has 10 heteroatoms. The Morgan fingerprint density at radius 1 is 1.12 bits per heavy atom. The van der Waals surface area contributed by atoms with Crippen molar-refractivity contribution in [3.8, 4) is 22.6 Å². The predicted molar refractivity (Wildman–Crippen MR) is 151 cm³/mol. The molecule has 2 aromatic carbocycles. The number of ether oxygens (including phenoxy) is 1. The number of aromatic hydroxyl groups is 1. The van der Waals surface area contributed by atoms with Gasteiger partial charge in [0, 0.05) is 24.0 Å². The zero-order valence-corrected chi connectivity index (χ0v) is 23.1. The molecule has 0 radical (unpaired) electrons. The van der Waals surface area contributed by atoms with Crippen molar-refractivity contribution in [2.24, 2.45) is 0 Å². The lowest BCUT2D eigenvalue weighted by atomic mass is 10.0. The minimum Gasteiger partial charge on any atom is -0.504 e. The van der Waals surface area contributed by atoms with Gasteiger partial charge in [0.25, 0.3) is 5.56 Å². The number of para-hydroxylation sites is 2. The summed E-state index contributed by atoms with van der Waals surface area (Å²) >= 11 is 0. The van der Waals surface area contributed by atoms with Crippen LogP contribution in [0.3, 0.4) is 0 Å². The van der Waals surface area contributed by atoms with Crippen molar-refractivity contribution in [3.05, 3.63) is 88.4 Å². The van der Waals surface area contributed by atoms with Gasteiger partial charge in [-0.25, -0.2) is 13.4 Å². The Bertz CT molecular complexity index is 1720. The second-order valence-corrected chi connectivity index (χ2v) is 11.6. The Kier molecular flexibility index (Phi) is 7.62. The first kappa shape index (κ1) is 27.4. The first-order chi connectivity index (χ1) is 19.2. The zero-order chi connectivity index (χ0) is 28.4. The number of hydrogen-bond donors (Lipinski definition) is 2. The normalized spacial score (nSPS) is 13.4. The van der Waals surface area contributed by atoms with Gasteiger partial charge in [-0.15, -0.1) is 0 Å². The van der Waals surface area contributed by atoms with Gasteiger partial charge >= 0.3 is 0 Å². The minimum atomic E-state index is -4.44. The number of nitrogens with zero attached hydrogens (tertiary/aromatic N) is 2. The second-order valence-electron chi connectivity index (χ2n) is 9.69. The Labute approximate surface area is 232 Å². The number of aromatic nitrogens is 2. The second kappa shape index (κ2) is 11.1. The van der Waals surface area contributed by atoms with Crippen LogP contribution in [0, 0.1) is 12.9 Å². The van der Waals surface area contributed by atoms with Gasteiger partial charge in [-0.1, -0.05) is 37.6 Å². The summed E-state index contributed by atoms with van der Waals surface area (Å²) in [6.45, 7) is 4.51. The monoisotopic (exact) mass is 563 g/mol. The van der Waals surface area contributed by atoms with Crippen LogP contribution in [0.15, 0.2) is 75.4 Å². The summed E-state index contributed by atoms with van der Waals surface area (Å²) in [7, 11) is -4.44. The molecule has 5 rings (SSSR count). The highest BCUT2D eigenvalue weighted by molar-refractivity contribution is 7.91. The van der Waals surface area contributed by atoms with Gasteiger partial charge in [-0.05, 0) is 67.6 Å². The SMILES string of the molecule is CCCCc1[nH]c(=O)c(S(=O)(=O)c2ccc(-c3ccnc(F)c3C)cc2)c(O)c1N1CCCOc2ccccc21. The van der Waals surface area contributed by atoms with E-state index in [-0.39, 0.29) is 10.6 Å². The van der Waals surface area contributed by atoms with Crippen molar-refractivity contribution < 1.29 is 22.7 Å². The zero-order valence-electron chi connectivity index (χ0n) is 22.3. The Balaban J connectivity index is 1.65. The van der Waals surface area contributed by atoms with Gasteiger partial charge in [-0.3, -0.25) is 4.79 Å². The van der Waals surface area contributed by atoms with E-state index in [0.29, 0.717) is 59.8 Å². The molecule has 2 N–H and O–H groups in total. The number of benzene rings is 2. The van der Waals surface area contributed by atoms with E-state index in [1.165, 1.54) is 18.3 Å². The van der Waals surface area contributed by atoms with Crippen molar-refractivity contribution in [1.82, 2.24) is 9.97 Å². The number of aromatic amines is 1. The molecule has 3 heterocycles. The lowest BCUT2D eigenvalue weighted by Crippen LogP contribution is -2.26. The average Bonchev–Trinajstić information content (AvgIpc) is 3.16.